The predicted molar refractivity (Wildman–Crippen MR) is 103 cm³/mol. The molecule has 140 valence electrons. The highest BCUT2D eigenvalue weighted by Gasteiger charge is 2.14. The number of ether oxygens (including phenoxy) is 1. The first-order valence-electron chi connectivity index (χ1n) is 8.15. The zero-order chi connectivity index (χ0) is 17.5. The Kier molecular flexibility index (Phi) is 8.50. The van der Waals surface area contributed by atoms with Gasteiger partial charge in [0, 0.05) is 12.7 Å². The third-order valence-corrected chi connectivity index (χ3v) is 3.78. The number of unbranched alkanes of at least 4 members (excludes halogenated alkanes) is 1. The van der Waals surface area contributed by atoms with E-state index in [1.165, 1.54) is 6.20 Å². The molecule has 25 heavy (non-hydrogen) atoms. The number of rotatable bonds is 9. The predicted octanol–water partition coefficient (Wildman–Crippen LogP) is 1.76. The van der Waals surface area contributed by atoms with E-state index in [2.05, 4.69) is 27.3 Å². The van der Waals surface area contributed by atoms with Gasteiger partial charge in [0.2, 0.25) is 5.95 Å². The van der Waals surface area contributed by atoms with Gasteiger partial charge in [-0.05, 0) is 19.4 Å². The summed E-state index contributed by atoms with van der Waals surface area (Å²) in [5, 5.41) is 17.1. The molecule has 0 amide bonds. The van der Waals surface area contributed by atoms with Crippen LogP contribution in [-0.4, -0.2) is 37.5 Å². The number of hydrogen-bond donors (Lipinski definition) is 3. The van der Waals surface area contributed by atoms with E-state index in [1.54, 1.807) is 4.68 Å². The molecule has 1 atom stereocenters. The Morgan fingerprint density at radius 1 is 1.44 bits per heavy atom. The minimum absolute atomic E-state index is 0. The molecular formula is C16H28N6O2S. The normalized spacial score (nSPS) is 11.7. The van der Waals surface area contributed by atoms with Crippen LogP contribution in [0.3, 0.4) is 0 Å². The number of anilines is 2. The topological polar surface area (TPSA) is 111 Å². The highest BCUT2D eigenvalue weighted by Crippen LogP contribution is 2.24. The van der Waals surface area contributed by atoms with Crippen molar-refractivity contribution in [3.8, 4) is 5.75 Å². The second-order valence-electron chi connectivity index (χ2n) is 5.80. The third-order valence-electron chi connectivity index (χ3n) is 3.78. The molecule has 0 aliphatic heterocycles. The SMILES string of the molecule is CCCC[C@@H](CO)Nc1nc(N)ncc1OCc1cc(C)n(C)n1.S. The lowest BCUT2D eigenvalue weighted by atomic mass is 10.1. The van der Waals surface area contributed by atoms with Crippen LogP contribution in [-0.2, 0) is 13.7 Å². The first-order chi connectivity index (χ1) is 11.5. The Bertz CT molecular complexity index is 645. The monoisotopic (exact) mass is 368 g/mol. The quantitative estimate of drug-likeness (QED) is 0.618. The number of aliphatic hydroxyl groups excluding tert-OH is 1. The first-order valence-corrected chi connectivity index (χ1v) is 8.15. The summed E-state index contributed by atoms with van der Waals surface area (Å²) in [4.78, 5) is 8.18. The van der Waals surface area contributed by atoms with Crippen molar-refractivity contribution in [2.24, 2.45) is 7.05 Å². The van der Waals surface area contributed by atoms with Crippen LogP contribution in [0.25, 0.3) is 0 Å². The van der Waals surface area contributed by atoms with Crippen LogP contribution in [0.1, 0.15) is 37.6 Å². The molecule has 0 fully saturated rings. The minimum atomic E-state index is -0.0984. The summed E-state index contributed by atoms with van der Waals surface area (Å²) in [5.74, 6) is 1.14. The Morgan fingerprint density at radius 2 is 2.20 bits per heavy atom. The van der Waals surface area contributed by atoms with Gasteiger partial charge in [0.15, 0.2) is 11.6 Å². The lowest BCUT2D eigenvalue weighted by molar-refractivity contribution is 0.265. The second kappa shape index (κ2) is 10.1. The van der Waals surface area contributed by atoms with E-state index in [-0.39, 0.29) is 32.1 Å². The van der Waals surface area contributed by atoms with Gasteiger partial charge in [-0.25, -0.2) is 4.98 Å². The van der Waals surface area contributed by atoms with Crippen molar-refractivity contribution in [3.05, 3.63) is 23.7 Å². The van der Waals surface area contributed by atoms with Crippen LogP contribution < -0.4 is 15.8 Å². The van der Waals surface area contributed by atoms with Gasteiger partial charge in [0.1, 0.15) is 12.3 Å². The summed E-state index contributed by atoms with van der Waals surface area (Å²) >= 11 is 0. The van der Waals surface area contributed by atoms with Crippen molar-refractivity contribution < 1.29 is 9.84 Å². The van der Waals surface area contributed by atoms with E-state index in [9.17, 15) is 5.11 Å². The van der Waals surface area contributed by atoms with Gasteiger partial charge >= 0.3 is 0 Å². The maximum atomic E-state index is 9.52. The highest BCUT2D eigenvalue weighted by molar-refractivity contribution is 7.59. The molecule has 2 rings (SSSR count). The van der Waals surface area contributed by atoms with E-state index in [4.69, 9.17) is 10.5 Å². The summed E-state index contributed by atoms with van der Waals surface area (Å²) in [5.41, 5.74) is 7.56. The fraction of sp³-hybridized carbons (Fsp3) is 0.562. The number of aliphatic hydroxyl groups is 1. The average molecular weight is 369 g/mol. The van der Waals surface area contributed by atoms with Crippen LogP contribution >= 0.6 is 13.5 Å². The van der Waals surface area contributed by atoms with Gasteiger partial charge in [0.25, 0.3) is 0 Å². The number of aromatic nitrogens is 4. The molecule has 0 aliphatic carbocycles. The number of hydrogen-bond acceptors (Lipinski definition) is 7. The Hall–Kier alpha value is -2.00. The van der Waals surface area contributed by atoms with Crippen molar-refractivity contribution >= 4 is 25.3 Å². The van der Waals surface area contributed by atoms with Crippen molar-refractivity contribution in [1.82, 2.24) is 19.7 Å². The Morgan fingerprint density at radius 3 is 2.80 bits per heavy atom. The fourth-order valence-corrected chi connectivity index (χ4v) is 2.30. The molecule has 0 saturated heterocycles. The van der Waals surface area contributed by atoms with Gasteiger partial charge in [-0.3, -0.25) is 4.68 Å². The van der Waals surface area contributed by atoms with Gasteiger partial charge in [-0.1, -0.05) is 19.8 Å². The smallest absolute Gasteiger partial charge is 0.222 e. The number of nitrogen functional groups attached to an aromatic ring is 1. The molecule has 0 bridgehead atoms. The molecule has 4 N–H and O–H groups in total. The molecular weight excluding hydrogens is 340 g/mol. The Balaban J connectivity index is 0.00000312. The molecule has 2 aromatic rings. The van der Waals surface area contributed by atoms with Crippen molar-refractivity contribution in [1.29, 1.82) is 0 Å². The summed E-state index contributed by atoms with van der Waals surface area (Å²) in [6.07, 6.45) is 4.46. The standard InChI is InChI=1S/C16H26N6O2.H2S/c1-4-5-6-12(9-23)19-15-14(8-18-16(17)20-15)24-10-13-7-11(2)22(3)21-13;/h7-8,12,23H,4-6,9-10H2,1-3H3,(H3,17,18,19,20);1H2/t12-;/m0./s1. The molecule has 0 saturated carbocycles. The molecule has 2 heterocycles. The zero-order valence-corrected chi connectivity index (χ0v) is 16.0. The summed E-state index contributed by atoms with van der Waals surface area (Å²) in [6, 6.07) is 1.86. The van der Waals surface area contributed by atoms with Gasteiger partial charge in [-0.2, -0.15) is 23.6 Å². The van der Waals surface area contributed by atoms with Crippen molar-refractivity contribution in [2.75, 3.05) is 17.7 Å². The molecule has 8 nitrogen and oxygen atoms in total. The largest absolute Gasteiger partial charge is 0.482 e. The van der Waals surface area contributed by atoms with E-state index >= 15 is 0 Å². The van der Waals surface area contributed by atoms with Crippen LogP contribution in [0.15, 0.2) is 12.3 Å². The van der Waals surface area contributed by atoms with Gasteiger partial charge in [-0.15, -0.1) is 0 Å². The van der Waals surface area contributed by atoms with Crippen LogP contribution in [0.4, 0.5) is 11.8 Å². The lowest BCUT2D eigenvalue weighted by Gasteiger charge is -2.18. The molecule has 0 aliphatic rings. The Labute approximate surface area is 155 Å². The van der Waals surface area contributed by atoms with Crippen LogP contribution in [0.5, 0.6) is 5.75 Å². The van der Waals surface area contributed by atoms with Crippen molar-refractivity contribution in [3.63, 3.8) is 0 Å². The summed E-state index contributed by atoms with van der Waals surface area (Å²) < 4.78 is 7.59. The van der Waals surface area contributed by atoms with E-state index in [0.717, 1.165) is 30.7 Å². The first kappa shape index (κ1) is 21.0. The number of aryl methyl sites for hydroxylation is 2. The average Bonchev–Trinajstić information content (AvgIpc) is 2.88. The van der Waals surface area contributed by atoms with Gasteiger partial charge < -0.3 is 20.9 Å². The number of nitrogens with zero attached hydrogens (tertiary/aromatic N) is 4. The van der Waals surface area contributed by atoms with E-state index < -0.39 is 0 Å². The van der Waals surface area contributed by atoms with Gasteiger partial charge in [0.05, 0.1) is 18.8 Å². The molecule has 0 unspecified atom stereocenters. The highest BCUT2D eigenvalue weighted by atomic mass is 32.1. The zero-order valence-electron chi connectivity index (χ0n) is 15.0. The van der Waals surface area contributed by atoms with Crippen molar-refractivity contribution in [2.45, 2.75) is 45.8 Å². The summed E-state index contributed by atoms with van der Waals surface area (Å²) in [6.45, 7) is 4.42. The maximum absolute atomic E-state index is 9.52. The molecule has 0 aromatic carbocycles. The lowest BCUT2D eigenvalue weighted by Crippen LogP contribution is -2.25. The third kappa shape index (κ3) is 6.09. The molecule has 0 spiro atoms. The van der Waals surface area contributed by atoms with E-state index in [1.807, 2.05) is 20.0 Å². The number of nitrogens with two attached hydrogens (primary N) is 1. The molecule has 0 radical (unpaired) electrons. The minimum Gasteiger partial charge on any atom is -0.482 e. The van der Waals surface area contributed by atoms with E-state index in [0.29, 0.717) is 18.2 Å². The maximum Gasteiger partial charge on any atom is 0.222 e. The summed E-state index contributed by atoms with van der Waals surface area (Å²) in [7, 11) is 1.89. The fourth-order valence-electron chi connectivity index (χ4n) is 2.30. The van der Waals surface area contributed by atoms with Crippen LogP contribution in [0.2, 0.25) is 0 Å². The molecule has 2 aromatic heterocycles. The number of nitrogens with one attached hydrogen (secondary N) is 1. The van der Waals surface area contributed by atoms with Crippen LogP contribution in [0, 0.1) is 6.92 Å². The molecule has 9 heteroatoms. The second-order valence-corrected chi connectivity index (χ2v) is 5.80.